The van der Waals surface area contributed by atoms with Crippen molar-refractivity contribution in [2.24, 2.45) is 0 Å². The van der Waals surface area contributed by atoms with E-state index in [9.17, 15) is 0 Å². The molecule has 4 nitrogen and oxygen atoms in total. The number of ether oxygens (including phenoxy) is 1. The maximum Gasteiger partial charge on any atom is 0.122 e. The Morgan fingerprint density at radius 1 is 1.57 bits per heavy atom. The second kappa shape index (κ2) is 3.31. The fourth-order valence-electron chi connectivity index (χ4n) is 1.54. The lowest BCUT2D eigenvalue weighted by atomic mass is 10.3. The van der Waals surface area contributed by atoms with Gasteiger partial charge in [0.2, 0.25) is 0 Å². The standard InChI is InChI=1S/C10H12N2O2/c1-7-11-9(6-13)10-5-8(14-2)3-4-12(7)10/h3-5,13H,6H2,1-2H3. The molecule has 0 radical (unpaired) electrons. The van der Waals surface area contributed by atoms with Gasteiger partial charge >= 0.3 is 0 Å². The second-order valence-electron chi connectivity index (χ2n) is 3.09. The van der Waals surface area contributed by atoms with Gasteiger partial charge in [-0.3, -0.25) is 0 Å². The van der Waals surface area contributed by atoms with Gasteiger partial charge in [0.15, 0.2) is 0 Å². The number of aryl methyl sites for hydroxylation is 1. The summed E-state index contributed by atoms with van der Waals surface area (Å²) in [4.78, 5) is 4.24. The summed E-state index contributed by atoms with van der Waals surface area (Å²) in [5.41, 5.74) is 1.57. The summed E-state index contributed by atoms with van der Waals surface area (Å²) in [6, 6.07) is 3.73. The average molecular weight is 192 g/mol. The molecule has 2 aromatic rings. The van der Waals surface area contributed by atoms with Gasteiger partial charge in [0.05, 0.1) is 24.9 Å². The molecule has 14 heavy (non-hydrogen) atoms. The summed E-state index contributed by atoms with van der Waals surface area (Å²) >= 11 is 0. The number of hydrogen-bond donors (Lipinski definition) is 1. The molecule has 0 aliphatic carbocycles. The van der Waals surface area contributed by atoms with Crippen molar-refractivity contribution in [2.45, 2.75) is 13.5 Å². The monoisotopic (exact) mass is 192 g/mol. The van der Waals surface area contributed by atoms with Crippen LogP contribution in [0.2, 0.25) is 0 Å². The summed E-state index contributed by atoms with van der Waals surface area (Å²) in [5, 5.41) is 9.10. The van der Waals surface area contributed by atoms with E-state index in [-0.39, 0.29) is 6.61 Å². The predicted octanol–water partition coefficient (Wildman–Crippen LogP) is 1.14. The third-order valence-electron chi connectivity index (χ3n) is 2.25. The normalized spacial score (nSPS) is 10.8. The first-order valence-corrected chi connectivity index (χ1v) is 4.38. The maximum absolute atomic E-state index is 9.10. The second-order valence-corrected chi connectivity index (χ2v) is 3.09. The van der Waals surface area contributed by atoms with E-state index >= 15 is 0 Å². The highest BCUT2D eigenvalue weighted by atomic mass is 16.5. The third-order valence-corrected chi connectivity index (χ3v) is 2.25. The first kappa shape index (κ1) is 9.02. The molecule has 1 N–H and O–H groups in total. The number of imidazole rings is 1. The van der Waals surface area contributed by atoms with E-state index in [1.807, 2.05) is 29.7 Å². The molecular weight excluding hydrogens is 180 g/mol. The predicted molar refractivity (Wildman–Crippen MR) is 52.4 cm³/mol. The molecule has 4 heteroatoms. The molecule has 0 saturated carbocycles. The van der Waals surface area contributed by atoms with E-state index in [0.29, 0.717) is 5.69 Å². The van der Waals surface area contributed by atoms with Gasteiger partial charge in [-0.1, -0.05) is 0 Å². The summed E-state index contributed by atoms with van der Waals surface area (Å²) in [5.74, 6) is 1.64. The van der Waals surface area contributed by atoms with Crippen molar-refractivity contribution in [2.75, 3.05) is 7.11 Å². The molecule has 0 amide bonds. The topological polar surface area (TPSA) is 46.8 Å². The molecular formula is C10H12N2O2. The summed E-state index contributed by atoms with van der Waals surface area (Å²) in [7, 11) is 1.62. The van der Waals surface area contributed by atoms with Crippen LogP contribution >= 0.6 is 0 Å². The molecule has 0 aliphatic heterocycles. The Hall–Kier alpha value is -1.55. The summed E-state index contributed by atoms with van der Waals surface area (Å²) in [6.45, 7) is 1.85. The van der Waals surface area contributed by atoms with Gasteiger partial charge in [-0.2, -0.15) is 0 Å². The largest absolute Gasteiger partial charge is 0.497 e. The quantitative estimate of drug-likeness (QED) is 0.776. The fourth-order valence-corrected chi connectivity index (χ4v) is 1.54. The van der Waals surface area contributed by atoms with Crippen LogP contribution in [0.5, 0.6) is 5.75 Å². The maximum atomic E-state index is 9.10. The molecule has 0 aromatic carbocycles. The van der Waals surface area contributed by atoms with Crippen molar-refractivity contribution in [3.63, 3.8) is 0 Å². The van der Waals surface area contributed by atoms with Crippen molar-refractivity contribution >= 4 is 5.52 Å². The molecule has 74 valence electrons. The highest BCUT2D eigenvalue weighted by molar-refractivity contribution is 5.56. The summed E-state index contributed by atoms with van der Waals surface area (Å²) < 4.78 is 7.03. The smallest absolute Gasteiger partial charge is 0.122 e. The van der Waals surface area contributed by atoms with Crippen LogP contribution in [0.1, 0.15) is 11.5 Å². The zero-order valence-electron chi connectivity index (χ0n) is 8.19. The average Bonchev–Trinajstić information content (AvgIpc) is 2.55. The van der Waals surface area contributed by atoms with Gasteiger partial charge < -0.3 is 14.2 Å². The lowest BCUT2D eigenvalue weighted by molar-refractivity contribution is 0.279. The molecule has 2 aromatic heterocycles. The number of methoxy groups -OCH3 is 1. The fraction of sp³-hybridized carbons (Fsp3) is 0.300. The van der Waals surface area contributed by atoms with Gasteiger partial charge in [0.1, 0.15) is 11.6 Å². The third kappa shape index (κ3) is 1.24. The van der Waals surface area contributed by atoms with Crippen LogP contribution < -0.4 is 4.74 Å². The highest BCUT2D eigenvalue weighted by Gasteiger charge is 2.07. The van der Waals surface area contributed by atoms with Crippen LogP contribution in [0, 0.1) is 6.92 Å². The van der Waals surface area contributed by atoms with E-state index in [0.717, 1.165) is 17.1 Å². The van der Waals surface area contributed by atoms with Crippen LogP contribution in [-0.2, 0) is 6.61 Å². The molecule has 2 heterocycles. The Morgan fingerprint density at radius 2 is 2.36 bits per heavy atom. The van der Waals surface area contributed by atoms with Crippen LogP contribution in [0.15, 0.2) is 18.3 Å². The van der Waals surface area contributed by atoms with Gasteiger partial charge in [0.25, 0.3) is 0 Å². The zero-order valence-corrected chi connectivity index (χ0v) is 8.19. The Labute approximate surface area is 81.8 Å². The number of pyridine rings is 1. The van der Waals surface area contributed by atoms with E-state index in [2.05, 4.69) is 4.98 Å². The van der Waals surface area contributed by atoms with Crippen LogP contribution in [-0.4, -0.2) is 21.6 Å². The van der Waals surface area contributed by atoms with E-state index < -0.39 is 0 Å². The molecule has 0 unspecified atom stereocenters. The number of hydrogen-bond acceptors (Lipinski definition) is 3. The van der Waals surface area contributed by atoms with E-state index in [1.54, 1.807) is 7.11 Å². The van der Waals surface area contributed by atoms with Gasteiger partial charge in [-0.25, -0.2) is 4.98 Å². The van der Waals surface area contributed by atoms with Crippen LogP contribution in [0.25, 0.3) is 5.52 Å². The number of fused-ring (bicyclic) bond motifs is 1. The van der Waals surface area contributed by atoms with Crippen molar-refractivity contribution < 1.29 is 9.84 Å². The lowest BCUT2D eigenvalue weighted by Gasteiger charge is -2.01. The Kier molecular flexibility index (Phi) is 2.13. The number of aromatic nitrogens is 2. The Morgan fingerprint density at radius 3 is 3.00 bits per heavy atom. The van der Waals surface area contributed by atoms with Crippen molar-refractivity contribution in [1.82, 2.24) is 9.38 Å². The highest BCUT2D eigenvalue weighted by Crippen LogP contribution is 2.18. The number of aliphatic hydroxyl groups excluding tert-OH is 1. The molecule has 0 atom stereocenters. The molecule has 0 bridgehead atoms. The van der Waals surface area contributed by atoms with Gasteiger partial charge in [-0.05, 0) is 13.0 Å². The summed E-state index contributed by atoms with van der Waals surface area (Å²) in [6.07, 6.45) is 1.88. The number of rotatable bonds is 2. The molecule has 0 saturated heterocycles. The first-order valence-electron chi connectivity index (χ1n) is 4.38. The van der Waals surface area contributed by atoms with Gasteiger partial charge in [0, 0.05) is 12.3 Å². The minimum absolute atomic E-state index is 0.0511. The zero-order chi connectivity index (χ0) is 10.1. The van der Waals surface area contributed by atoms with Crippen LogP contribution in [0.3, 0.4) is 0 Å². The molecule has 0 aliphatic rings. The van der Waals surface area contributed by atoms with Gasteiger partial charge in [-0.15, -0.1) is 0 Å². The number of nitrogens with zero attached hydrogens (tertiary/aromatic N) is 2. The lowest BCUT2D eigenvalue weighted by Crippen LogP contribution is -1.89. The van der Waals surface area contributed by atoms with E-state index in [1.165, 1.54) is 0 Å². The SMILES string of the molecule is COc1ccn2c(C)nc(CO)c2c1. The Bertz CT molecular complexity index is 462. The van der Waals surface area contributed by atoms with Crippen molar-refractivity contribution in [1.29, 1.82) is 0 Å². The van der Waals surface area contributed by atoms with Crippen molar-refractivity contribution in [3.05, 3.63) is 29.8 Å². The first-order chi connectivity index (χ1) is 6.76. The molecule has 0 spiro atoms. The minimum Gasteiger partial charge on any atom is -0.497 e. The minimum atomic E-state index is -0.0511. The Balaban J connectivity index is 2.71. The molecule has 2 rings (SSSR count). The van der Waals surface area contributed by atoms with E-state index in [4.69, 9.17) is 9.84 Å². The van der Waals surface area contributed by atoms with Crippen LogP contribution in [0.4, 0.5) is 0 Å². The number of aliphatic hydroxyl groups is 1. The molecule has 0 fully saturated rings. The van der Waals surface area contributed by atoms with Crippen molar-refractivity contribution in [3.8, 4) is 5.75 Å².